The van der Waals surface area contributed by atoms with Crippen molar-refractivity contribution in [3.8, 4) is 0 Å². The van der Waals surface area contributed by atoms with Crippen LogP contribution < -0.4 is 0 Å². The van der Waals surface area contributed by atoms with Crippen molar-refractivity contribution in [3.05, 3.63) is 30.1 Å². The molecule has 136 valence electrons. The van der Waals surface area contributed by atoms with Gasteiger partial charge in [0, 0.05) is 50.7 Å². The van der Waals surface area contributed by atoms with Gasteiger partial charge >= 0.3 is 0 Å². The molecule has 3 aliphatic rings. The number of nitrogens with zero attached hydrogens (tertiary/aromatic N) is 2. The molecule has 7 heteroatoms. The Kier molecular flexibility index (Phi) is 4.24. The lowest BCUT2D eigenvalue weighted by molar-refractivity contribution is -0.159. The topological polar surface area (TPSA) is 51.7 Å². The molecule has 0 N–H and O–H groups in total. The summed E-state index contributed by atoms with van der Waals surface area (Å²) in [6.45, 7) is 2.09. The van der Waals surface area contributed by atoms with Crippen LogP contribution in [0.25, 0.3) is 0 Å². The summed E-state index contributed by atoms with van der Waals surface area (Å²) in [5, 5.41) is 0. The highest BCUT2D eigenvalue weighted by Crippen LogP contribution is 2.45. The van der Waals surface area contributed by atoms with Gasteiger partial charge in [-0.25, -0.2) is 8.78 Å². The van der Waals surface area contributed by atoms with Gasteiger partial charge < -0.3 is 14.4 Å². The Morgan fingerprint density at radius 2 is 2.08 bits per heavy atom. The molecule has 25 heavy (non-hydrogen) atoms. The third kappa shape index (κ3) is 3.53. The average Bonchev–Trinajstić information content (AvgIpc) is 3.18. The normalized spacial score (nSPS) is 31.4. The Balaban J connectivity index is 1.27. The number of pyridine rings is 1. The molecule has 0 radical (unpaired) electrons. The second-order valence-corrected chi connectivity index (χ2v) is 7.46. The first-order valence-corrected chi connectivity index (χ1v) is 8.76. The fourth-order valence-corrected chi connectivity index (χ4v) is 4.01. The fraction of sp³-hybridized carbons (Fsp3) is 0.667. The van der Waals surface area contributed by atoms with Crippen molar-refractivity contribution in [1.82, 2.24) is 9.88 Å². The lowest BCUT2D eigenvalue weighted by atomic mass is 9.80. The number of carbonyl (C=O) groups is 1. The van der Waals surface area contributed by atoms with Gasteiger partial charge in [0.1, 0.15) is 0 Å². The summed E-state index contributed by atoms with van der Waals surface area (Å²) in [5.74, 6) is -3.33. The molecule has 2 atom stereocenters. The van der Waals surface area contributed by atoms with E-state index in [1.165, 1.54) is 0 Å². The maximum atomic E-state index is 13.0. The molecule has 1 amide bonds. The molecule has 2 saturated heterocycles. The molecule has 1 aliphatic carbocycles. The SMILES string of the molecule is O=C(C1CC(F)(F)C1)N1CC[C@]2(C[C@H](OCc3ccncc3)CO2)C1. The number of hydrogen-bond acceptors (Lipinski definition) is 4. The van der Waals surface area contributed by atoms with Crippen LogP contribution in [-0.4, -0.2) is 53.1 Å². The van der Waals surface area contributed by atoms with E-state index in [-0.39, 0.29) is 30.5 Å². The van der Waals surface area contributed by atoms with Gasteiger partial charge in [0.05, 0.1) is 24.9 Å². The first kappa shape index (κ1) is 16.8. The standard InChI is InChI=1S/C18H22F2N2O3/c19-18(20)7-14(8-18)16(23)22-6-3-17(12-22)9-15(11-25-17)24-10-13-1-4-21-5-2-13/h1-2,4-5,14-15H,3,6-12H2/t15-,17-/m0/s1. The predicted octanol–water partition coefficient (Wildman–Crippen LogP) is 2.40. The van der Waals surface area contributed by atoms with E-state index in [1.54, 1.807) is 17.3 Å². The van der Waals surface area contributed by atoms with Gasteiger partial charge in [0.25, 0.3) is 0 Å². The van der Waals surface area contributed by atoms with Gasteiger partial charge in [-0.05, 0) is 24.1 Å². The summed E-state index contributed by atoms with van der Waals surface area (Å²) in [6.07, 6.45) is 4.32. The number of halogens is 2. The van der Waals surface area contributed by atoms with Crippen molar-refractivity contribution in [1.29, 1.82) is 0 Å². The third-order valence-electron chi connectivity index (χ3n) is 5.48. The third-order valence-corrected chi connectivity index (χ3v) is 5.48. The van der Waals surface area contributed by atoms with E-state index in [0.29, 0.717) is 26.3 Å². The van der Waals surface area contributed by atoms with Crippen molar-refractivity contribution in [2.24, 2.45) is 5.92 Å². The minimum atomic E-state index is -2.66. The second-order valence-electron chi connectivity index (χ2n) is 7.46. The molecular weight excluding hydrogens is 330 g/mol. The van der Waals surface area contributed by atoms with Gasteiger partial charge in [-0.3, -0.25) is 9.78 Å². The van der Waals surface area contributed by atoms with Gasteiger partial charge in [0.15, 0.2) is 0 Å². The summed E-state index contributed by atoms with van der Waals surface area (Å²) < 4.78 is 37.9. The van der Waals surface area contributed by atoms with Crippen LogP contribution in [0.3, 0.4) is 0 Å². The summed E-state index contributed by atoms with van der Waals surface area (Å²) in [5.41, 5.74) is 0.690. The van der Waals surface area contributed by atoms with E-state index in [4.69, 9.17) is 9.47 Å². The minimum Gasteiger partial charge on any atom is -0.371 e. The maximum absolute atomic E-state index is 13.0. The number of likely N-dealkylation sites (tertiary alicyclic amines) is 1. The highest BCUT2D eigenvalue weighted by molar-refractivity contribution is 5.80. The smallest absolute Gasteiger partial charge is 0.249 e. The van der Waals surface area contributed by atoms with Crippen LogP contribution in [0, 0.1) is 5.92 Å². The zero-order valence-electron chi connectivity index (χ0n) is 14.0. The van der Waals surface area contributed by atoms with Gasteiger partial charge in [-0.1, -0.05) is 0 Å². The Morgan fingerprint density at radius 1 is 1.32 bits per heavy atom. The predicted molar refractivity (Wildman–Crippen MR) is 85.0 cm³/mol. The van der Waals surface area contributed by atoms with Crippen LogP contribution in [-0.2, 0) is 20.9 Å². The van der Waals surface area contributed by atoms with E-state index < -0.39 is 11.8 Å². The zero-order chi connectivity index (χ0) is 17.5. The lowest BCUT2D eigenvalue weighted by Crippen LogP contribution is -2.47. The quantitative estimate of drug-likeness (QED) is 0.835. The number of hydrogen-bond donors (Lipinski definition) is 0. The molecule has 3 heterocycles. The zero-order valence-corrected chi connectivity index (χ0v) is 14.0. The van der Waals surface area contributed by atoms with Crippen molar-refractivity contribution < 1.29 is 23.0 Å². The minimum absolute atomic E-state index is 0.00347. The second kappa shape index (κ2) is 6.29. The fourth-order valence-electron chi connectivity index (χ4n) is 4.01. The van der Waals surface area contributed by atoms with Crippen molar-refractivity contribution in [2.45, 2.75) is 49.9 Å². The Hall–Kier alpha value is -1.60. The number of amides is 1. The first-order chi connectivity index (χ1) is 11.9. The Bertz CT molecular complexity index is 634. The monoisotopic (exact) mass is 352 g/mol. The lowest BCUT2D eigenvalue weighted by Gasteiger charge is -2.36. The molecule has 4 rings (SSSR count). The van der Waals surface area contributed by atoms with Crippen LogP contribution in [0.1, 0.15) is 31.2 Å². The van der Waals surface area contributed by atoms with Crippen LogP contribution in [0.15, 0.2) is 24.5 Å². The van der Waals surface area contributed by atoms with Gasteiger partial charge in [-0.2, -0.15) is 0 Å². The molecule has 1 spiro atoms. The van der Waals surface area contributed by atoms with Crippen molar-refractivity contribution in [3.63, 3.8) is 0 Å². The molecule has 1 aromatic heterocycles. The van der Waals surface area contributed by atoms with Crippen molar-refractivity contribution >= 4 is 5.91 Å². The number of aromatic nitrogens is 1. The van der Waals surface area contributed by atoms with E-state index in [0.717, 1.165) is 18.4 Å². The summed E-state index contributed by atoms with van der Waals surface area (Å²) >= 11 is 0. The molecular formula is C18H22F2N2O3. The van der Waals surface area contributed by atoms with Crippen LogP contribution in [0.2, 0.25) is 0 Å². The van der Waals surface area contributed by atoms with E-state index in [9.17, 15) is 13.6 Å². The highest BCUT2D eigenvalue weighted by atomic mass is 19.3. The number of ether oxygens (including phenoxy) is 2. The number of rotatable bonds is 4. The summed E-state index contributed by atoms with van der Waals surface area (Å²) in [6, 6.07) is 3.83. The molecule has 0 aromatic carbocycles. The van der Waals surface area contributed by atoms with Crippen LogP contribution >= 0.6 is 0 Å². The molecule has 3 fully saturated rings. The number of carbonyl (C=O) groups excluding carboxylic acids is 1. The summed E-state index contributed by atoms with van der Waals surface area (Å²) in [7, 11) is 0. The van der Waals surface area contributed by atoms with E-state index >= 15 is 0 Å². The molecule has 5 nitrogen and oxygen atoms in total. The van der Waals surface area contributed by atoms with E-state index in [2.05, 4.69) is 4.98 Å². The highest BCUT2D eigenvalue weighted by Gasteiger charge is 2.53. The van der Waals surface area contributed by atoms with Gasteiger partial charge in [0.2, 0.25) is 11.8 Å². The Labute approximate surface area is 145 Å². The number of alkyl halides is 2. The molecule has 1 aromatic rings. The largest absolute Gasteiger partial charge is 0.371 e. The Morgan fingerprint density at radius 3 is 2.80 bits per heavy atom. The molecule has 0 unspecified atom stereocenters. The van der Waals surface area contributed by atoms with Crippen molar-refractivity contribution in [2.75, 3.05) is 19.7 Å². The van der Waals surface area contributed by atoms with Crippen LogP contribution in [0.4, 0.5) is 8.78 Å². The van der Waals surface area contributed by atoms with E-state index in [1.807, 2.05) is 12.1 Å². The first-order valence-electron chi connectivity index (χ1n) is 8.76. The van der Waals surface area contributed by atoms with Crippen LogP contribution in [0.5, 0.6) is 0 Å². The summed E-state index contributed by atoms with van der Waals surface area (Å²) in [4.78, 5) is 18.0. The molecule has 1 saturated carbocycles. The van der Waals surface area contributed by atoms with Gasteiger partial charge in [-0.15, -0.1) is 0 Å². The average molecular weight is 352 g/mol. The molecule has 0 bridgehead atoms. The molecule has 2 aliphatic heterocycles. The maximum Gasteiger partial charge on any atom is 0.249 e.